The number of ether oxygens (including phenoxy) is 1. The second-order valence-corrected chi connectivity index (χ2v) is 7.59. The number of hydrogen-bond donors (Lipinski definition) is 1. The molecule has 0 atom stereocenters. The van der Waals surface area contributed by atoms with Crippen molar-refractivity contribution in [3.63, 3.8) is 0 Å². The Morgan fingerprint density at radius 2 is 1.97 bits per heavy atom. The monoisotopic (exact) mass is 443 g/mol. The van der Waals surface area contributed by atoms with E-state index in [2.05, 4.69) is 22.0 Å². The van der Waals surface area contributed by atoms with Gasteiger partial charge in [-0.05, 0) is 24.6 Å². The lowest BCUT2D eigenvalue weighted by molar-refractivity contribution is -0.120. The van der Waals surface area contributed by atoms with Gasteiger partial charge in [-0.25, -0.2) is 0 Å². The number of fused-ring (bicyclic) bond motifs is 1. The average Bonchev–Trinajstić information content (AvgIpc) is 3.29. The standard InChI is InChI=1S/C25H25N5O3/c1-4-13-29-17(2)21(15-22(31)26-16-18-9-8-12-20(14-18)33-3)24(32)30-25(29)27-23(28-30)19-10-6-5-7-11-19/h4-12,14H,1,13,15-16H2,2-3H3,(H,26,31). The van der Waals surface area contributed by atoms with Crippen molar-refractivity contribution in [1.29, 1.82) is 0 Å². The summed E-state index contributed by atoms with van der Waals surface area (Å²) in [7, 11) is 1.60. The summed E-state index contributed by atoms with van der Waals surface area (Å²) in [4.78, 5) is 30.6. The number of nitrogens with zero attached hydrogens (tertiary/aromatic N) is 4. The number of amides is 1. The molecule has 8 heteroatoms. The van der Waals surface area contributed by atoms with E-state index < -0.39 is 0 Å². The molecule has 0 saturated heterocycles. The lowest BCUT2D eigenvalue weighted by Gasteiger charge is -2.14. The number of nitrogens with one attached hydrogen (secondary N) is 1. The van der Waals surface area contributed by atoms with E-state index in [-0.39, 0.29) is 17.9 Å². The number of allylic oxidation sites excluding steroid dienone is 1. The van der Waals surface area contributed by atoms with Crippen LogP contribution in [0.4, 0.5) is 0 Å². The lowest BCUT2D eigenvalue weighted by atomic mass is 10.1. The van der Waals surface area contributed by atoms with E-state index in [1.165, 1.54) is 4.52 Å². The van der Waals surface area contributed by atoms with Gasteiger partial charge in [0.2, 0.25) is 11.7 Å². The van der Waals surface area contributed by atoms with Gasteiger partial charge in [0.05, 0.1) is 13.5 Å². The van der Waals surface area contributed by atoms with Crippen LogP contribution < -0.4 is 15.6 Å². The van der Waals surface area contributed by atoms with E-state index in [1.807, 2.05) is 66.1 Å². The third-order valence-electron chi connectivity index (χ3n) is 5.43. The van der Waals surface area contributed by atoms with E-state index in [0.717, 1.165) is 16.9 Å². The minimum absolute atomic E-state index is 0.0672. The highest BCUT2D eigenvalue weighted by Crippen LogP contribution is 2.17. The SMILES string of the molecule is C=CCn1c(C)c(CC(=O)NCc2cccc(OC)c2)c(=O)n2nc(-c3ccccc3)nc12. The van der Waals surface area contributed by atoms with Crippen molar-refractivity contribution in [3.8, 4) is 17.1 Å². The number of benzene rings is 2. The molecule has 0 aliphatic rings. The molecule has 2 aromatic carbocycles. The Hall–Kier alpha value is -4.20. The van der Waals surface area contributed by atoms with Crippen LogP contribution in [0, 0.1) is 6.92 Å². The van der Waals surface area contributed by atoms with Gasteiger partial charge >= 0.3 is 0 Å². The predicted octanol–water partition coefficient (Wildman–Crippen LogP) is 2.92. The highest BCUT2D eigenvalue weighted by molar-refractivity contribution is 5.78. The van der Waals surface area contributed by atoms with Crippen molar-refractivity contribution in [2.75, 3.05) is 7.11 Å². The molecule has 0 bridgehead atoms. The molecular weight excluding hydrogens is 418 g/mol. The van der Waals surface area contributed by atoms with Crippen LogP contribution in [0.15, 0.2) is 72.0 Å². The Morgan fingerprint density at radius 1 is 1.18 bits per heavy atom. The van der Waals surface area contributed by atoms with Crippen LogP contribution in [0.3, 0.4) is 0 Å². The zero-order chi connectivity index (χ0) is 23.4. The number of hydrogen-bond acceptors (Lipinski definition) is 5. The van der Waals surface area contributed by atoms with E-state index in [0.29, 0.717) is 35.9 Å². The number of methoxy groups -OCH3 is 1. The van der Waals surface area contributed by atoms with E-state index >= 15 is 0 Å². The molecule has 168 valence electrons. The second-order valence-electron chi connectivity index (χ2n) is 7.59. The maximum absolute atomic E-state index is 13.3. The molecule has 0 aliphatic carbocycles. The molecule has 0 unspecified atom stereocenters. The van der Waals surface area contributed by atoms with Gasteiger partial charge in [0.25, 0.3) is 5.56 Å². The molecule has 0 fully saturated rings. The molecule has 2 heterocycles. The Morgan fingerprint density at radius 3 is 2.70 bits per heavy atom. The van der Waals surface area contributed by atoms with E-state index in [4.69, 9.17) is 4.74 Å². The number of carbonyl (C=O) groups excluding carboxylic acids is 1. The zero-order valence-corrected chi connectivity index (χ0v) is 18.6. The largest absolute Gasteiger partial charge is 0.497 e. The Bertz CT molecular complexity index is 1370. The van der Waals surface area contributed by atoms with Gasteiger partial charge in [-0.15, -0.1) is 11.7 Å². The molecule has 4 aromatic rings. The third kappa shape index (κ3) is 4.55. The highest BCUT2D eigenvalue weighted by Gasteiger charge is 2.20. The molecule has 8 nitrogen and oxygen atoms in total. The first-order valence-electron chi connectivity index (χ1n) is 10.6. The molecule has 0 aliphatic heterocycles. The van der Waals surface area contributed by atoms with Gasteiger partial charge in [0, 0.05) is 29.9 Å². The summed E-state index contributed by atoms with van der Waals surface area (Å²) in [6.07, 6.45) is 1.66. The summed E-state index contributed by atoms with van der Waals surface area (Å²) in [5.74, 6) is 1.32. The van der Waals surface area contributed by atoms with Gasteiger partial charge in [-0.1, -0.05) is 48.5 Å². The van der Waals surface area contributed by atoms with Crippen LogP contribution in [0.25, 0.3) is 17.2 Å². The molecule has 33 heavy (non-hydrogen) atoms. The molecule has 2 aromatic heterocycles. The lowest BCUT2D eigenvalue weighted by Crippen LogP contribution is -2.32. The maximum atomic E-state index is 13.3. The van der Waals surface area contributed by atoms with Crippen LogP contribution in [-0.4, -0.2) is 32.2 Å². The fourth-order valence-electron chi connectivity index (χ4n) is 3.68. The molecular formula is C25H25N5O3. The molecule has 4 rings (SSSR count). The fraction of sp³-hybridized carbons (Fsp3) is 0.200. The first kappa shape index (κ1) is 22.0. The Kier molecular flexibility index (Phi) is 6.35. The summed E-state index contributed by atoms with van der Waals surface area (Å²) >= 11 is 0. The summed E-state index contributed by atoms with van der Waals surface area (Å²) < 4.78 is 8.33. The Labute approximate surface area is 191 Å². The van der Waals surface area contributed by atoms with Crippen molar-refractivity contribution in [2.45, 2.75) is 26.4 Å². The molecule has 1 amide bonds. The maximum Gasteiger partial charge on any atom is 0.279 e. The first-order chi connectivity index (χ1) is 16.0. The van der Waals surface area contributed by atoms with Gasteiger partial charge < -0.3 is 14.6 Å². The minimum Gasteiger partial charge on any atom is -0.497 e. The van der Waals surface area contributed by atoms with Crippen LogP contribution >= 0.6 is 0 Å². The third-order valence-corrected chi connectivity index (χ3v) is 5.43. The van der Waals surface area contributed by atoms with Crippen LogP contribution in [0.2, 0.25) is 0 Å². The van der Waals surface area contributed by atoms with Crippen LogP contribution in [0.1, 0.15) is 16.8 Å². The first-order valence-corrected chi connectivity index (χ1v) is 10.6. The van der Waals surface area contributed by atoms with Crippen molar-refractivity contribution in [1.82, 2.24) is 24.5 Å². The fourth-order valence-corrected chi connectivity index (χ4v) is 3.68. The quantitative estimate of drug-likeness (QED) is 0.423. The highest BCUT2D eigenvalue weighted by atomic mass is 16.5. The molecule has 0 radical (unpaired) electrons. The predicted molar refractivity (Wildman–Crippen MR) is 126 cm³/mol. The minimum atomic E-state index is -0.353. The topological polar surface area (TPSA) is 90.5 Å². The van der Waals surface area contributed by atoms with Crippen LogP contribution in [-0.2, 0) is 24.3 Å². The number of aromatic nitrogens is 4. The van der Waals surface area contributed by atoms with Gasteiger partial charge in [0.15, 0.2) is 5.82 Å². The second kappa shape index (κ2) is 9.52. The van der Waals surface area contributed by atoms with Crippen LogP contribution in [0.5, 0.6) is 5.75 Å². The van der Waals surface area contributed by atoms with Crippen molar-refractivity contribution in [2.24, 2.45) is 0 Å². The number of rotatable bonds is 8. The molecule has 1 N–H and O–H groups in total. The summed E-state index contributed by atoms with van der Waals surface area (Å²) in [5.41, 5.74) is 2.39. The van der Waals surface area contributed by atoms with Crippen molar-refractivity contribution < 1.29 is 9.53 Å². The van der Waals surface area contributed by atoms with Gasteiger partial charge in [-0.2, -0.15) is 9.50 Å². The van der Waals surface area contributed by atoms with E-state index in [1.54, 1.807) is 13.2 Å². The average molecular weight is 444 g/mol. The normalized spacial score (nSPS) is 10.8. The summed E-state index contributed by atoms with van der Waals surface area (Å²) in [6.45, 7) is 6.39. The number of carbonyl (C=O) groups is 1. The molecule has 0 spiro atoms. The van der Waals surface area contributed by atoms with Crippen molar-refractivity contribution >= 4 is 11.7 Å². The summed E-state index contributed by atoms with van der Waals surface area (Å²) in [6, 6.07) is 16.9. The molecule has 0 saturated carbocycles. The smallest absolute Gasteiger partial charge is 0.279 e. The Balaban J connectivity index is 1.66. The van der Waals surface area contributed by atoms with Gasteiger partial charge in [-0.3, -0.25) is 9.59 Å². The van der Waals surface area contributed by atoms with E-state index in [9.17, 15) is 9.59 Å². The van der Waals surface area contributed by atoms with Gasteiger partial charge in [0.1, 0.15) is 5.75 Å². The summed E-state index contributed by atoms with van der Waals surface area (Å²) in [5, 5.41) is 7.32. The van der Waals surface area contributed by atoms with Crippen molar-refractivity contribution in [3.05, 3.63) is 94.4 Å². The zero-order valence-electron chi connectivity index (χ0n) is 18.6.